The number of hydrogen-bond donors (Lipinski definition) is 2. The maximum atomic E-state index is 10.7. The van der Waals surface area contributed by atoms with E-state index in [1.165, 1.54) is 0 Å². The Morgan fingerprint density at radius 1 is 1.82 bits per heavy atom. The molecule has 1 heterocycles. The third-order valence-electron chi connectivity index (χ3n) is 2.06. The van der Waals surface area contributed by atoms with E-state index >= 15 is 0 Å². The van der Waals surface area contributed by atoms with E-state index in [1.807, 2.05) is 0 Å². The predicted molar refractivity (Wildman–Crippen MR) is 43.2 cm³/mol. The fourth-order valence-corrected chi connectivity index (χ4v) is 1.30. The fourth-order valence-electron chi connectivity index (χ4n) is 1.30. The number of amides is 2. The second-order valence-electron chi connectivity index (χ2n) is 2.84. The molecule has 3 N–H and O–H groups in total. The monoisotopic (exact) mass is 157 g/mol. The molecule has 1 rings (SSSR count). The number of rotatable bonds is 1. The van der Waals surface area contributed by atoms with Gasteiger partial charge in [0, 0.05) is 25.7 Å². The second-order valence-corrected chi connectivity index (χ2v) is 2.84. The van der Waals surface area contributed by atoms with Gasteiger partial charge in [0.05, 0.1) is 0 Å². The molecule has 4 heteroatoms. The molecule has 2 amide bonds. The van der Waals surface area contributed by atoms with Crippen molar-refractivity contribution in [3.63, 3.8) is 0 Å². The molecule has 0 bridgehead atoms. The van der Waals surface area contributed by atoms with Crippen LogP contribution in [0.3, 0.4) is 0 Å². The maximum Gasteiger partial charge on any atom is 0.314 e. The summed E-state index contributed by atoms with van der Waals surface area (Å²) in [7, 11) is 0. The smallest absolute Gasteiger partial charge is 0.314 e. The van der Waals surface area contributed by atoms with Crippen LogP contribution in [0.15, 0.2) is 0 Å². The average Bonchev–Trinajstić information content (AvgIpc) is 2.05. The van der Waals surface area contributed by atoms with E-state index in [1.54, 1.807) is 4.90 Å². The van der Waals surface area contributed by atoms with Gasteiger partial charge in [-0.05, 0) is 6.42 Å². The summed E-state index contributed by atoms with van der Waals surface area (Å²) in [5, 5.41) is 3.30. The van der Waals surface area contributed by atoms with Gasteiger partial charge in [-0.3, -0.25) is 0 Å². The Morgan fingerprint density at radius 3 is 3.09 bits per heavy atom. The lowest BCUT2D eigenvalue weighted by Gasteiger charge is -2.31. The number of nitrogens with one attached hydrogen (secondary N) is 1. The highest BCUT2D eigenvalue weighted by molar-refractivity contribution is 5.72. The first-order valence-electron chi connectivity index (χ1n) is 4.01. The lowest BCUT2D eigenvalue weighted by molar-refractivity contribution is 0.184. The van der Waals surface area contributed by atoms with Gasteiger partial charge in [-0.25, -0.2) is 4.79 Å². The van der Waals surface area contributed by atoms with E-state index in [2.05, 4.69) is 12.2 Å². The number of primary amides is 1. The van der Waals surface area contributed by atoms with Crippen molar-refractivity contribution in [2.45, 2.75) is 19.4 Å². The van der Waals surface area contributed by atoms with Crippen molar-refractivity contribution in [2.24, 2.45) is 5.73 Å². The standard InChI is InChI=1S/C7H15N3O/c1-2-6-5-10(7(8)11)4-3-9-6/h6,9H,2-5H2,1H3,(H2,8,11). The topological polar surface area (TPSA) is 58.4 Å². The molecule has 1 fully saturated rings. The molecule has 4 nitrogen and oxygen atoms in total. The molecule has 0 saturated carbocycles. The zero-order valence-corrected chi connectivity index (χ0v) is 6.84. The van der Waals surface area contributed by atoms with Gasteiger partial charge in [0.1, 0.15) is 0 Å². The Hall–Kier alpha value is -0.770. The number of urea groups is 1. The van der Waals surface area contributed by atoms with E-state index in [0.717, 1.165) is 26.1 Å². The lowest BCUT2D eigenvalue weighted by Crippen LogP contribution is -2.53. The summed E-state index contributed by atoms with van der Waals surface area (Å²) in [5.74, 6) is 0. The van der Waals surface area contributed by atoms with E-state index in [0.29, 0.717) is 6.04 Å². The van der Waals surface area contributed by atoms with Crippen LogP contribution in [0, 0.1) is 0 Å². The molecule has 0 aromatic rings. The minimum Gasteiger partial charge on any atom is -0.351 e. The Morgan fingerprint density at radius 2 is 2.55 bits per heavy atom. The van der Waals surface area contributed by atoms with Crippen molar-refractivity contribution in [1.29, 1.82) is 0 Å². The number of nitrogens with zero attached hydrogens (tertiary/aromatic N) is 1. The first-order valence-corrected chi connectivity index (χ1v) is 4.01. The molecule has 0 aliphatic carbocycles. The van der Waals surface area contributed by atoms with Gasteiger partial charge in [0.2, 0.25) is 0 Å². The van der Waals surface area contributed by atoms with Crippen LogP contribution >= 0.6 is 0 Å². The molecule has 1 aliphatic rings. The Kier molecular flexibility index (Phi) is 2.70. The molecule has 0 aromatic heterocycles. The predicted octanol–water partition coefficient (Wildman–Crippen LogP) is -0.251. The van der Waals surface area contributed by atoms with E-state index in [-0.39, 0.29) is 6.03 Å². The molecular formula is C7H15N3O. The number of hydrogen-bond acceptors (Lipinski definition) is 2. The molecular weight excluding hydrogens is 142 g/mol. The van der Waals surface area contributed by atoms with E-state index in [4.69, 9.17) is 5.73 Å². The summed E-state index contributed by atoms with van der Waals surface area (Å²) >= 11 is 0. The largest absolute Gasteiger partial charge is 0.351 e. The summed E-state index contributed by atoms with van der Waals surface area (Å²) in [6, 6.07) is 0.126. The zero-order valence-electron chi connectivity index (χ0n) is 6.84. The minimum absolute atomic E-state index is 0.301. The molecule has 64 valence electrons. The number of carbonyl (C=O) groups excluding carboxylic acids is 1. The normalized spacial score (nSPS) is 25.2. The first-order chi connectivity index (χ1) is 5.24. The summed E-state index contributed by atoms with van der Waals surface area (Å²) in [6.07, 6.45) is 1.05. The summed E-state index contributed by atoms with van der Waals surface area (Å²) in [4.78, 5) is 12.4. The molecule has 0 radical (unpaired) electrons. The number of nitrogens with two attached hydrogens (primary N) is 1. The third kappa shape index (κ3) is 2.08. The Bertz CT molecular complexity index is 149. The SMILES string of the molecule is CCC1CN(C(N)=O)CCN1. The molecule has 1 atom stereocenters. The molecule has 1 saturated heterocycles. The van der Waals surface area contributed by atoms with Crippen LogP contribution in [0.25, 0.3) is 0 Å². The van der Waals surface area contributed by atoms with Crippen LogP contribution in [-0.2, 0) is 0 Å². The van der Waals surface area contributed by atoms with Crippen molar-refractivity contribution < 1.29 is 4.79 Å². The highest BCUT2D eigenvalue weighted by Gasteiger charge is 2.19. The molecule has 0 spiro atoms. The first kappa shape index (κ1) is 8.33. The fraction of sp³-hybridized carbons (Fsp3) is 0.857. The van der Waals surface area contributed by atoms with Crippen LogP contribution < -0.4 is 11.1 Å². The van der Waals surface area contributed by atoms with Gasteiger partial charge in [-0.1, -0.05) is 6.92 Å². The lowest BCUT2D eigenvalue weighted by atomic mass is 10.2. The Balaban J connectivity index is 2.39. The highest BCUT2D eigenvalue weighted by Crippen LogP contribution is 2.00. The summed E-state index contributed by atoms with van der Waals surface area (Å²) < 4.78 is 0. The molecule has 1 aliphatic heterocycles. The van der Waals surface area contributed by atoms with E-state index in [9.17, 15) is 4.79 Å². The van der Waals surface area contributed by atoms with Gasteiger partial charge >= 0.3 is 6.03 Å². The minimum atomic E-state index is -0.301. The van der Waals surface area contributed by atoms with Gasteiger partial charge in [-0.15, -0.1) is 0 Å². The molecule has 1 unspecified atom stereocenters. The zero-order chi connectivity index (χ0) is 8.27. The summed E-state index contributed by atoms with van der Waals surface area (Å²) in [5.41, 5.74) is 5.14. The van der Waals surface area contributed by atoms with Crippen LogP contribution in [0.5, 0.6) is 0 Å². The van der Waals surface area contributed by atoms with E-state index < -0.39 is 0 Å². The average molecular weight is 157 g/mol. The van der Waals surface area contributed by atoms with Crippen molar-refractivity contribution in [2.75, 3.05) is 19.6 Å². The van der Waals surface area contributed by atoms with Crippen molar-refractivity contribution in [3.8, 4) is 0 Å². The Labute approximate surface area is 66.7 Å². The van der Waals surface area contributed by atoms with Crippen LogP contribution in [0.4, 0.5) is 4.79 Å². The molecule has 0 aromatic carbocycles. The van der Waals surface area contributed by atoms with Gasteiger partial charge in [0.25, 0.3) is 0 Å². The quantitative estimate of drug-likeness (QED) is 0.551. The maximum absolute atomic E-state index is 10.7. The van der Waals surface area contributed by atoms with Crippen LogP contribution in [-0.4, -0.2) is 36.6 Å². The van der Waals surface area contributed by atoms with Crippen LogP contribution in [0.2, 0.25) is 0 Å². The number of piperazine rings is 1. The highest BCUT2D eigenvalue weighted by atomic mass is 16.2. The van der Waals surface area contributed by atoms with Gasteiger partial charge in [0.15, 0.2) is 0 Å². The molecule has 11 heavy (non-hydrogen) atoms. The van der Waals surface area contributed by atoms with Gasteiger partial charge in [-0.2, -0.15) is 0 Å². The number of carbonyl (C=O) groups is 1. The summed E-state index contributed by atoms with van der Waals surface area (Å²) in [6.45, 7) is 4.46. The third-order valence-corrected chi connectivity index (χ3v) is 2.06. The van der Waals surface area contributed by atoms with Crippen molar-refractivity contribution in [1.82, 2.24) is 10.2 Å². The van der Waals surface area contributed by atoms with Crippen molar-refractivity contribution >= 4 is 6.03 Å². The van der Waals surface area contributed by atoms with Crippen molar-refractivity contribution in [3.05, 3.63) is 0 Å². The van der Waals surface area contributed by atoms with Crippen LogP contribution in [0.1, 0.15) is 13.3 Å². The van der Waals surface area contributed by atoms with Gasteiger partial charge < -0.3 is 16.0 Å². The second kappa shape index (κ2) is 3.57.